The molecule has 0 aromatic carbocycles. The summed E-state index contributed by atoms with van der Waals surface area (Å²) >= 11 is 0. The largest absolute Gasteiger partial charge is 0.479 e. The van der Waals surface area contributed by atoms with E-state index in [9.17, 15) is 4.39 Å². The fraction of sp³-hybridized carbons (Fsp3) is 0.312. The molecule has 3 heterocycles. The van der Waals surface area contributed by atoms with E-state index < -0.39 is 5.82 Å². The van der Waals surface area contributed by atoms with E-state index in [0.717, 1.165) is 16.8 Å². The van der Waals surface area contributed by atoms with Crippen LogP contribution in [0.2, 0.25) is 0 Å². The molecule has 8 heteroatoms. The first-order chi connectivity index (χ1) is 11.7. The quantitative estimate of drug-likeness (QED) is 0.836. The number of hydrogen-bond acceptors (Lipinski definition) is 6. The molecule has 0 amide bonds. The Labute approximate surface area is 138 Å². The van der Waals surface area contributed by atoms with Gasteiger partial charge in [0, 0.05) is 29.9 Å². The number of aromatic amines is 1. The van der Waals surface area contributed by atoms with E-state index >= 15 is 0 Å². The summed E-state index contributed by atoms with van der Waals surface area (Å²) in [5, 5.41) is 6.72. The van der Waals surface area contributed by atoms with Gasteiger partial charge < -0.3 is 15.2 Å². The van der Waals surface area contributed by atoms with Crippen LogP contribution < -0.4 is 10.5 Å². The first kappa shape index (κ1) is 16.1. The molecule has 0 radical (unpaired) electrons. The number of H-pyrrole nitrogens is 1. The van der Waals surface area contributed by atoms with Crippen LogP contribution in [0.1, 0.15) is 18.4 Å². The number of nitrogens with two attached hydrogens (primary N) is 1. The molecule has 0 saturated heterocycles. The van der Waals surface area contributed by atoms with Gasteiger partial charge in [0.25, 0.3) is 0 Å². The van der Waals surface area contributed by atoms with E-state index in [2.05, 4.69) is 20.2 Å². The lowest BCUT2D eigenvalue weighted by Crippen LogP contribution is -2.12. The van der Waals surface area contributed by atoms with Gasteiger partial charge in [-0.2, -0.15) is 5.10 Å². The number of hydrogen-bond donors (Lipinski definition) is 2. The third kappa shape index (κ3) is 3.43. The highest BCUT2D eigenvalue weighted by atomic mass is 19.1. The Balaban J connectivity index is 2.07. The molecular weight excluding hydrogens is 313 g/mol. The van der Waals surface area contributed by atoms with Gasteiger partial charge in [-0.1, -0.05) is 0 Å². The number of nitrogens with one attached hydrogen (secondary N) is 1. The summed E-state index contributed by atoms with van der Waals surface area (Å²) in [6, 6.07) is 1.27. The van der Waals surface area contributed by atoms with E-state index in [1.165, 1.54) is 19.4 Å². The number of ether oxygens (including phenoxy) is 2. The Morgan fingerprint density at radius 3 is 2.92 bits per heavy atom. The third-order valence-electron chi connectivity index (χ3n) is 3.68. The molecule has 2 aromatic heterocycles. The van der Waals surface area contributed by atoms with Gasteiger partial charge in [-0.3, -0.25) is 5.10 Å². The molecule has 0 atom stereocenters. The van der Waals surface area contributed by atoms with Gasteiger partial charge >= 0.3 is 0 Å². The van der Waals surface area contributed by atoms with Gasteiger partial charge in [-0.25, -0.2) is 14.4 Å². The second-order valence-electron chi connectivity index (χ2n) is 5.25. The number of halogens is 1. The molecule has 0 spiro atoms. The monoisotopic (exact) mass is 331 g/mol. The van der Waals surface area contributed by atoms with Crippen molar-refractivity contribution in [2.24, 2.45) is 10.7 Å². The van der Waals surface area contributed by atoms with Crippen LogP contribution in [0.15, 0.2) is 40.9 Å². The molecule has 3 N–H and O–H groups in total. The van der Waals surface area contributed by atoms with Crippen LogP contribution in [0, 0.1) is 5.82 Å². The maximum Gasteiger partial charge on any atom is 0.250 e. The smallest absolute Gasteiger partial charge is 0.250 e. The molecule has 3 rings (SSSR count). The van der Waals surface area contributed by atoms with Gasteiger partial charge in [0.2, 0.25) is 5.88 Å². The van der Waals surface area contributed by atoms with Crippen LogP contribution in [0.25, 0.3) is 0 Å². The van der Waals surface area contributed by atoms with E-state index in [0.29, 0.717) is 37.5 Å². The lowest BCUT2D eigenvalue weighted by atomic mass is 9.99. The first-order valence-electron chi connectivity index (χ1n) is 7.52. The maximum atomic E-state index is 13.9. The molecule has 0 aliphatic carbocycles. The van der Waals surface area contributed by atoms with Crippen molar-refractivity contribution >= 4 is 11.4 Å². The SMILES string of the molecule is COc1ncc(N=C(C2=C(N)CCOCC2)c2cn[nH]c2)cc1F. The van der Waals surface area contributed by atoms with Crippen molar-refractivity contribution in [3.63, 3.8) is 0 Å². The zero-order chi connectivity index (χ0) is 16.9. The van der Waals surface area contributed by atoms with Crippen molar-refractivity contribution in [1.82, 2.24) is 15.2 Å². The van der Waals surface area contributed by atoms with E-state index in [-0.39, 0.29) is 5.88 Å². The molecule has 1 aliphatic heterocycles. The van der Waals surface area contributed by atoms with Crippen LogP contribution in [-0.4, -0.2) is 41.2 Å². The zero-order valence-electron chi connectivity index (χ0n) is 13.3. The topological polar surface area (TPSA) is 98.4 Å². The van der Waals surface area contributed by atoms with Crippen LogP contribution >= 0.6 is 0 Å². The minimum atomic E-state index is -0.573. The summed E-state index contributed by atoms with van der Waals surface area (Å²) in [6.45, 7) is 1.13. The van der Waals surface area contributed by atoms with Crippen molar-refractivity contribution in [1.29, 1.82) is 0 Å². The molecule has 1 aliphatic rings. The van der Waals surface area contributed by atoms with Gasteiger partial charge in [-0.05, 0) is 12.0 Å². The van der Waals surface area contributed by atoms with E-state index in [1.807, 2.05) is 0 Å². The second-order valence-corrected chi connectivity index (χ2v) is 5.25. The highest BCUT2D eigenvalue weighted by Gasteiger charge is 2.18. The second kappa shape index (κ2) is 7.22. The van der Waals surface area contributed by atoms with Gasteiger partial charge in [0.1, 0.15) is 0 Å². The summed E-state index contributed by atoms with van der Waals surface area (Å²) in [5.74, 6) is -0.642. The summed E-state index contributed by atoms with van der Waals surface area (Å²) in [6.07, 6.45) is 6.08. The Hall–Kier alpha value is -2.74. The molecule has 2 aromatic rings. The standard InChI is InChI=1S/C16H18FN5O2/c1-23-16-13(17)6-11(9-19-16)22-15(10-7-20-21-8-10)12-2-4-24-5-3-14(12)18/h6-9H,2-5,18H2,1H3,(H,20,21). The lowest BCUT2D eigenvalue weighted by Gasteiger charge is -2.11. The molecule has 24 heavy (non-hydrogen) atoms. The van der Waals surface area contributed by atoms with Crippen LogP contribution in [0.5, 0.6) is 5.88 Å². The average molecular weight is 331 g/mol. The Morgan fingerprint density at radius 2 is 2.21 bits per heavy atom. The fourth-order valence-corrected chi connectivity index (χ4v) is 2.48. The summed E-state index contributed by atoms with van der Waals surface area (Å²) in [4.78, 5) is 8.47. The minimum absolute atomic E-state index is 0.0691. The van der Waals surface area contributed by atoms with Crippen molar-refractivity contribution < 1.29 is 13.9 Å². The predicted octanol–water partition coefficient (Wildman–Crippen LogP) is 2.10. The van der Waals surface area contributed by atoms with Crippen molar-refractivity contribution in [2.45, 2.75) is 12.8 Å². The zero-order valence-corrected chi connectivity index (χ0v) is 13.3. The Morgan fingerprint density at radius 1 is 1.38 bits per heavy atom. The molecule has 0 fully saturated rings. The maximum absolute atomic E-state index is 13.9. The van der Waals surface area contributed by atoms with E-state index in [1.54, 1.807) is 12.4 Å². The van der Waals surface area contributed by atoms with Gasteiger partial charge in [0.15, 0.2) is 5.82 Å². The predicted molar refractivity (Wildman–Crippen MR) is 86.8 cm³/mol. The Kier molecular flexibility index (Phi) is 4.85. The van der Waals surface area contributed by atoms with Gasteiger partial charge in [0.05, 0.1) is 44.1 Å². The number of rotatable bonds is 4. The summed E-state index contributed by atoms with van der Waals surface area (Å²) < 4.78 is 24.2. The van der Waals surface area contributed by atoms with Crippen molar-refractivity contribution in [3.8, 4) is 5.88 Å². The number of methoxy groups -OCH3 is 1. The summed E-state index contributed by atoms with van der Waals surface area (Å²) in [5.41, 5.74) is 9.57. The van der Waals surface area contributed by atoms with Crippen LogP contribution in [0.3, 0.4) is 0 Å². The number of aliphatic imine (C=N–C) groups is 1. The molecular formula is C16H18FN5O2. The molecule has 126 valence electrons. The van der Waals surface area contributed by atoms with Crippen molar-refractivity contribution in [3.05, 3.63) is 47.3 Å². The number of pyridine rings is 1. The fourth-order valence-electron chi connectivity index (χ4n) is 2.48. The molecule has 7 nitrogen and oxygen atoms in total. The molecule has 0 unspecified atom stereocenters. The number of aromatic nitrogens is 3. The minimum Gasteiger partial charge on any atom is -0.479 e. The summed E-state index contributed by atoms with van der Waals surface area (Å²) in [7, 11) is 1.36. The van der Waals surface area contributed by atoms with Crippen LogP contribution in [0.4, 0.5) is 10.1 Å². The van der Waals surface area contributed by atoms with Crippen molar-refractivity contribution in [2.75, 3.05) is 20.3 Å². The van der Waals surface area contributed by atoms with E-state index in [4.69, 9.17) is 15.2 Å². The number of nitrogens with zero attached hydrogens (tertiary/aromatic N) is 3. The highest BCUT2D eigenvalue weighted by molar-refractivity contribution is 6.13. The Bertz CT molecular complexity index is 771. The third-order valence-corrected chi connectivity index (χ3v) is 3.68. The van der Waals surface area contributed by atoms with Crippen LogP contribution in [-0.2, 0) is 4.74 Å². The lowest BCUT2D eigenvalue weighted by molar-refractivity contribution is 0.146. The first-order valence-corrected chi connectivity index (χ1v) is 7.52. The highest BCUT2D eigenvalue weighted by Crippen LogP contribution is 2.24. The normalized spacial score (nSPS) is 16.2. The molecule has 0 saturated carbocycles. The molecule has 0 bridgehead atoms. The van der Waals surface area contributed by atoms with Gasteiger partial charge in [-0.15, -0.1) is 0 Å². The average Bonchev–Trinajstić information content (AvgIpc) is 3.02.